The summed E-state index contributed by atoms with van der Waals surface area (Å²) in [4.78, 5) is 24.2. The third-order valence-corrected chi connectivity index (χ3v) is 2.51. The number of nitrogens with zero attached hydrogens (tertiary/aromatic N) is 1. The summed E-state index contributed by atoms with van der Waals surface area (Å²) in [6, 6.07) is 3.95. The van der Waals surface area contributed by atoms with Crippen LogP contribution >= 0.6 is 11.6 Å². The van der Waals surface area contributed by atoms with Gasteiger partial charge in [0.2, 0.25) is 0 Å². The number of carbonyl (C=O) groups is 2. The van der Waals surface area contributed by atoms with E-state index in [-0.39, 0.29) is 23.7 Å². The van der Waals surface area contributed by atoms with Crippen molar-refractivity contribution in [1.29, 1.82) is 0 Å². The van der Waals surface area contributed by atoms with Crippen LogP contribution in [-0.4, -0.2) is 37.0 Å². The number of halogens is 2. The van der Waals surface area contributed by atoms with Gasteiger partial charge in [-0.1, -0.05) is 17.7 Å². The summed E-state index contributed by atoms with van der Waals surface area (Å²) in [5.74, 6) is -1.94. The molecule has 0 aliphatic heterocycles. The van der Waals surface area contributed by atoms with Crippen molar-refractivity contribution >= 4 is 23.5 Å². The second-order valence-corrected chi connectivity index (χ2v) is 3.97. The third-order valence-electron chi connectivity index (χ3n) is 2.19. The number of ether oxygens (including phenoxy) is 1. The summed E-state index contributed by atoms with van der Waals surface area (Å²) in [6.07, 6.45) is 0. The Hall–Kier alpha value is -1.62. The predicted molar refractivity (Wildman–Crippen MR) is 65.0 cm³/mol. The normalized spacial score (nSPS) is 10.0. The molecule has 0 radical (unpaired) electrons. The molecule has 0 atom stereocenters. The van der Waals surface area contributed by atoms with E-state index in [4.69, 9.17) is 16.3 Å². The van der Waals surface area contributed by atoms with E-state index in [1.165, 1.54) is 19.2 Å². The summed E-state index contributed by atoms with van der Waals surface area (Å²) < 4.78 is 18.2. The molecule has 18 heavy (non-hydrogen) atoms. The SMILES string of the molecule is CCOC(=O)CN(C)C(=O)c1c(F)cccc1Cl. The van der Waals surface area contributed by atoms with Gasteiger partial charge in [-0.3, -0.25) is 9.59 Å². The highest BCUT2D eigenvalue weighted by atomic mass is 35.5. The quantitative estimate of drug-likeness (QED) is 0.790. The Morgan fingerprint density at radius 3 is 2.67 bits per heavy atom. The molecule has 98 valence electrons. The van der Waals surface area contributed by atoms with Gasteiger partial charge in [0.1, 0.15) is 12.4 Å². The Balaban J connectivity index is 2.84. The molecule has 1 rings (SSSR count). The van der Waals surface area contributed by atoms with Gasteiger partial charge in [0.25, 0.3) is 5.91 Å². The van der Waals surface area contributed by atoms with Gasteiger partial charge in [-0.15, -0.1) is 0 Å². The molecule has 1 amide bonds. The van der Waals surface area contributed by atoms with Crippen LogP contribution in [0, 0.1) is 5.82 Å². The maximum Gasteiger partial charge on any atom is 0.325 e. The van der Waals surface area contributed by atoms with Crippen LogP contribution in [0.2, 0.25) is 5.02 Å². The molecule has 0 bridgehead atoms. The highest BCUT2D eigenvalue weighted by molar-refractivity contribution is 6.33. The molecule has 0 N–H and O–H groups in total. The van der Waals surface area contributed by atoms with Gasteiger partial charge >= 0.3 is 5.97 Å². The smallest absolute Gasteiger partial charge is 0.325 e. The molecule has 0 unspecified atom stereocenters. The minimum Gasteiger partial charge on any atom is -0.465 e. The average Bonchev–Trinajstić information content (AvgIpc) is 2.28. The number of hydrogen-bond acceptors (Lipinski definition) is 3. The first-order valence-corrected chi connectivity index (χ1v) is 5.70. The minimum absolute atomic E-state index is 0.00992. The number of amides is 1. The Morgan fingerprint density at radius 1 is 1.44 bits per heavy atom. The van der Waals surface area contributed by atoms with E-state index in [0.29, 0.717) is 0 Å². The van der Waals surface area contributed by atoms with Crippen molar-refractivity contribution < 1.29 is 18.7 Å². The Labute approximate surface area is 109 Å². The second kappa shape index (κ2) is 6.35. The van der Waals surface area contributed by atoms with E-state index in [0.717, 1.165) is 11.0 Å². The lowest BCUT2D eigenvalue weighted by Gasteiger charge is -2.17. The molecule has 0 aliphatic rings. The van der Waals surface area contributed by atoms with Crippen molar-refractivity contribution in [2.45, 2.75) is 6.92 Å². The van der Waals surface area contributed by atoms with E-state index in [2.05, 4.69) is 0 Å². The molecule has 4 nitrogen and oxygen atoms in total. The van der Waals surface area contributed by atoms with Crippen LogP contribution in [0.3, 0.4) is 0 Å². The fourth-order valence-electron chi connectivity index (χ4n) is 1.37. The summed E-state index contributed by atoms with van der Waals surface area (Å²) in [5, 5.41) is 0.00992. The fourth-order valence-corrected chi connectivity index (χ4v) is 1.61. The molecule has 0 aliphatic carbocycles. The zero-order valence-corrected chi connectivity index (χ0v) is 10.8. The van der Waals surface area contributed by atoms with Crippen LogP contribution < -0.4 is 0 Å². The Bertz CT molecular complexity index is 444. The zero-order valence-electron chi connectivity index (χ0n) is 10.1. The van der Waals surface area contributed by atoms with Crippen LogP contribution in [-0.2, 0) is 9.53 Å². The van der Waals surface area contributed by atoms with Gasteiger partial charge in [-0.05, 0) is 19.1 Å². The van der Waals surface area contributed by atoms with E-state index < -0.39 is 17.7 Å². The van der Waals surface area contributed by atoms with Crippen LogP contribution in [0.1, 0.15) is 17.3 Å². The van der Waals surface area contributed by atoms with Crippen molar-refractivity contribution in [3.8, 4) is 0 Å². The highest BCUT2D eigenvalue weighted by Crippen LogP contribution is 2.20. The largest absolute Gasteiger partial charge is 0.465 e. The lowest BCUT2D eigenvalue weighted by molar-refractivity contribution is -0.143. The molecule has 0 saturated carbocycles. The maximum atomic E-state index is 13.5. The average molecular weight is 274 g/mol. The van der Waals surface area contributed by atoms with Gasteiger partial charge in [-0.25, -0.2) is 4.39 Å². The molecular weight excluding hydrogens is 261 g/mol. The molecule has 1 aromatic carbocycles. The second-order valence-electron chi connectivity index (χ2n) is 3.56. The Morgan fingerprint density at radius 2 is 2.11 bits per heavy atom. The van der Waals surface area contributed by atoms with Crippen molar-refractivity contribution in [1.82, 2.24) is 4.90 Å². The molecule has 0 heterocycles. The van der Waals surface area contributed by atoms with Crippen molar-refractivity contribution in [2.24, 2.45) is 0 Å². The summed E-state index contributed by atoms with van der Waals surface area (Å²) in [6.45, 7) is 1.63. The molecule has 0 saturated heterocycles. The third kappa shape index (κ3) is 3.43. The molecular formula is C12H13ClFNO3. The van der Waals surface area contributed by atoms with Crippen LogP contribution in [0.5, 0.6) is 0 Å². The molecule has 0 spiro atoms. The van der Waals surface area contributed by atoms with Gasteiger partial charge in [-0.2, -0.15) is 0 Å². The van der Waals surface area contributed by atoms with E-state index in [1.807, 2.05) is 0 Å². The van der Waals surface area contributed by atoms with Gasteiger partial charge in [0.15, 0.2) is 0 Å². The van der Waals surface area contributed by atoms with Gasteiger partial charge < -0.3 is 9.64 Å². The topological polar surface area (TPSA) is 46.6 Å². The lowest BCUT2D eigenvalue weighted by atomic mass is 10.2. The highest BCUT2D eigenvalue weighted by Gasteiger charge is 2.21. The van der Waals surface area contributed by atoms with Crippen LogP contribution in [0.15, 0.2) is 18.2 Å². The predicted octanol–water partition coefficient (Wildman–Crippen LogP) is 2.11. The zero-order chi connectivity index (χ0) is 13.7. The van der Waals surface area contributed by atoms with Crippen molar-refractivity contribution in [3.63, 3.8) is 0 Å². The molecule has 0 aromatic heterocycles. The van der Waals surface area contributed by atoms with Crippen LogP contribution in [0.4, 0.5) is 4.39 Å². The number of rotatable bonds is 4. The van der Waals surface area contributed by atoms with E-state index >= 15 is 0 Å². The number of esters is 1. The van der Waals surface area contributed by atoms with Crippen molar-refractivity contribution in [2.75, 3.05) is 20.2 Å². The minimum atomic E-state index is -0.719. The van der Waals surface area contributed by atoms with Gasteiger partial charge in [0, 0.05) is 7.05 Å². The fraction of sp³-hybridized carbons (Fsp3) is 0.333. The van der Waals surface area contributed by atoms with Gasteiger partial charge in [0.05, 0.1) is 17.2 Å². The first kappa shape index (κ1) is 14.4. The Kier molecular flexibility index (Phi) is 5.09. The lowest BCUT2D eigenvalue weighted by Crippen LogP contribution is -2.33. The summed E-state index contributed by atoms with van der Waals surface area (Å²) in [5.41, 5.74) is -0.244. The summed E-state index contributed by atoms with van der Waals surface area (Å²) >= 11 is 5.76. The number of hydrogen-bond donors (Lipinski definition) is 0. The van der Waals surface area contributed by atoms with Crippen LogP contribution in [0.25, 0.3) is 0 Å². The van der Waals surface area contributed by atoms with E-state index in [9.17, 15) is 14.0 Å². The molecule has 0 fully saturated rings. The standard InChI is InChI=1S/C12H13ClFNO3/c1-3-18-10(16)7-15(2)12(17)11-8(13)5-4-6-9(11)14/h4-6H,3,7H2,1-2H3. The number of likely N-dealkylation sites (N-methyl/N-ethyl adjacent to an activating group) is 1. The maximum absolute atomic E-state index is 13.5. The van der Waals surface area contributed by atoms with E-state index in [1.54, 1.807) is 6.92 Å². The number of carbonyl (C=O) groups excluding carboxylic acids is 2. The number of benzene rings is 1. The van der Waals surface area contributed by atoms with Crippen molar-refractivity contribution in [3.05, 3.63) is 34.6 Å². The summed E-state index contributed by atoms with van der Waals surface area (Å²) in [7, 11) is 1.38. The monoisotopic (exact) mass is 273 g/mol. The molecule has 1 aromatic rings. The first-order chi connectivity index (χ1) is 8.47. The molecule has 6 heteroatoms. The first-order valence-electron chi connectivity index (χ1n) is 5.32.